The van der Waals surface area contributed by atoms with Crippen molar-refractivity contribution in [1.82, 2.24) is 0 Å². The van der Waals surface area contributed by atoms with Crippen LogP contribution in [-0.4, -0.2) is 18.0 Å². The van der Waals surface area contributed by atoms with Crippen molar-refractivity contribution in [2.24, 2.45) is 28.6 Å². The lowest BCUT2D eigenvalue weighted by Gasteiger charge is -2.59. The number of methoxy groups -OCH3 is 1. The lowest BCUT2D eigenvalue weighted by molar-refractivity contribution is -0.0927. The summed E-state index contributed by atoms with van der Waals surface area (Å²) in [5.41, 5.74) is 1.16. The maximum atomic E-state index is 13.1. The van der Waals surface area contributed by atoms with Gasteiger partial charge < -0.3 is 9.84 Å². The third kappa shape index (κ3) is 3.37. The largest absolute Gasteiger partial charge is 0.508 e. The highest BCUT2D eigenvalue weighted by Crippen LogP contribution is 2.61. The van der Waals surface area contributed by atoms with E-state index < -0.39 is 0 Å². The topological polar surface area (TPSA) is 46.5 Å². The number of Topliss-reactive ketones (excluding diaryl/α,β-unsaturated/α-hetero) is 1. The number of carbonyl (C=O) groups excluding carboxylic acids is 1. The van der Waals surface area contributed by atoms with Gasteiger partial charge >= 0.3 is 0 Å². The molecule has 3 heteroatoms. The summed E-state index contributed by atoms with van der Waals surface area (Å²) in [6.45, 7) is 9.60. The second-order valence-corrected chi connectivity index (χ2v) is 9.61. The van der Waals surface area contributed by atoms with Crippen LogP contribution in [0.5, 0.6) is 11.5 Å². The lowest BCUT2D eigenvalue weighted by Crippen LogP contribution is -2.51. The van der Waals surface area contributed by atoms with Gasteiger partial charge in [0.15, 0.2) is 5.78 Å². The number of hydrogen-bond donors (Lipinski definition) is 1. The van der Waals surface area contributed by atoms with Crippen LogP contribution in [0, 0.1) is 28.6 Å². The van der Waals surface area contributed by atoms with Gasteiger partial charge in [0.2, 0.25) is 0 Å². The Kier molecular flexibility index (Phi) is 5.11. The van der Waals surface area contributed by atoms with Crippen LogP contribution in [0.4, 0.5) is 0 Å². The molecule has 1 aromatic rings. The predicted molar refractivity (Wildman–Crippen MR) is 105 cm³/mol. The molecule has 3 nitrogen and oxygen atoms in total. The Morgan fingerprint density at radius 3 is 2.62 bits per heavy atom. The van der Waals surface area contributed by atoms with E-state index in [-0.39, 0.29) is 16.9 Å². The molecule has 3 rings (SSSR count). The van der Waals surface area contributed by atoms with E-state index in [2.05, 4.69) is 27.7 Å². The van der Waals surface area contributed by atoms with E-state index in [1.54, 1.807) is 25.3 Å². The van der Waals surface area contributed by atoms with Gasteiger partial charge in [-0.25, -0.2) is 0 Å². The number of benzene rings is 1. The van der Waals surface area contributed by atoms with Crippen molar-refractivity contribution in [2.45, 2.75) is 66.2 Å². The summed E-state index contributed by atoms with van der Waals surface area (Å²) in [5, 5.41) is 9.91. The van der Waals surface area contributed by atoms with Crippen molar-refractivity contribution >= 4 is 5.78 Å². The first kappa shape index (κ1) is 19.3. The second-order valence-electron chi connectivity index (χ2n) is 9.61. The molecule has 1 N–H and O–H groups in total. The van der Waals surface area contributed by atoms with Crippen molar-refractivity contribution in [3.63, 3.8) is 0 Å². The molecule has 0 spiro atoms. The Morgan fingerprint density at radius 1 is 1.19 bits per heavy atom. The molecule has 1 aromatic carbocycles. The van der Waals surface area contributed by atoms with Crippen LogP contribution in [0.15, 0.2) is 18.2 Å². The molecule has 0 radical (unpaired) electrons. The highest BCUT2D eigenvalue weighted by Gasteiger charge is 2.53. The Bertz CT molecular complexity index is 678. The van der Waals surface area contributed by atoms with E-state index in [0.717, 1.165) is 0 Å². The molecule has 0 amide bonds. The average molecular weight is 359 g/mol. The number of phenols is 1. The molecular formula is C23H34O3. The molecule has 2 fully saturated rings. The van der Waals surface area contributed by atoms with Gasteiger partial charge in [-0.15, -0.1) is 0 Å². The molecule has 2 saturated carbocycles. The summed E-state index contributed by atoms with van der Waals surface area (Å²) < 4.78 is 5.22. The summed E-state index contributed by atoms with van der Waals surface area (Å²) in [6, 6.07) is 4.87. The van der Waals surface area contributed by atoms with Crippen LogP contribution in [0.2, 0.25) is 0 Å². The van der Waals surface area contributed by atoms with Crippen molar-refractivity contribution in [2.75, 3.05) is 7.11 Å². The third-order valence-electron chi connectivity index (χ3n) is 7.57. The Morgan fingerprint density at radius 2 is 1.92 bits per heavy atom. The van der Waals surface area contributed by atoms with Crippen molar-refractivity contribution in [3.8, 4) is 11.5 Å². The predicted octanol–water partition coefficient (Wildman–Crippen LogP) is 5.85. The number of ether oxygens (including phenoxy) is 1. The van der Waals surface area contributed by atoms with Crippen molar-refractivity contribution in [3.05, 3.63) is 23.8 Å². The van der Waals surface area contributed by atoms with Crippen LogP contribution in [-0.2, 0) is 0 Å². The van der Waals surface area contributed by atoms with Crippen molar-refractivity contribution < 1.29 is 14.6 Å². The number of hydrogen-bond acceptors (Lipinski definition) is 3. The van der Waals surface area contributed by atoms with E-state index in [0.29, 0.717) is 40.9 Å². The maximum Gasteiger partial charge on any atom is 0.163 e. The Hall–Kier alpha value is -1.51. The zero-order valence-electron chi connectivity index (χ0n) is 17.0. The molecule has 0 aromatic heterocycles. The minimum absolute atomic E-state index is 0.0901. The molecule has 0 unspecified atom stereocenters. The summed E-state index contributed by atoms with van der Waals surface area (Å²) in [5.74, 6) is 2.41. The summed E-state index contributed by atoms with van der Waals surface area (Å²) in [6.07, 6.45) is 6.85. The van der Waals surface area contributed by atoms with Gasteiger partial charge in [-0.2, -0.15) is 0 Å². The molecule has 0 bridgehead atoms. The fraction of sp³-hybridized carbons (Fsp3) is 0.696. The fourth-order valence-corrected chi connectivity index (χ4v) is 6.23. The quantitative estimate of drug-likeness (QED) is 0.687. The van der Waals surface area contributed by atoms with Gasteiger partial charge in [0, 0.05) is 18.1 Å². The van der Waals surface area contributed by atoms with E-state index in [4.69, 9.17) is 4.74 Å². The molecule has 2 aliphatic carbocycles. The molecule has 2 aliphatic rings. The van der Waals surface area contributed by atoms with Gasteiger partial charge in [-0.1, -0.05) is 40.5 Å². The second kappa shape index (κ2) is 6.90. The van der Waals surface area contributed by atoms with Gasteiger partial charge in [-0.3, -0.25) is 4.79 Å². The number of fused-ring (bicyclic) bond motifs is 1. The van der Waals surface area contributed by atoms with Crippen LogP contribution < -0.4 is 4.74 Å². The first-order valence-electron chi connectivity index (χ1n) is 10.1. The Balaban J connectivity index is 1.87. The zero-order chi connectivity index (χ0) is 19.1. The molecule has 4 atom stereocenters. The molecule has 26 heavy (non-hydrogen) atoms. The van der Waals surface area contributed by atoms with Gasteiger partial charge in [0.05, 0.1) is 7.11 Å². The van der Waals surface area contributed by atoms with Crippen LogP contribution in [0.25, 0.3) is 0 Å². The lowest BCUT2D eigenvalue weighted by atomic mass is 9.46. The summed E-state index contributed by atoms with van der Waals surface area (Å²) in [4.78, 5) is 13.1. The SMILES string of the molecule is COc1cc(O)cc(C(=O)C[C@H]2[C@@H](C)CC[C@H]3C(C)(C)CCC[C@]23C)c1. The van der Waals surface area contributed by atoms with Gasteiger partial charge in [0.25, 0.3) is 0 Å². The normalized spacial score (nSPS) is 33.3. The minimum atomic E-state index is 0.0901. The average Bonchev–Trinajstić information content (AvgIpc) is 2.56. The highest BCUT2D eigenvalue weighted by atomic mass is 16.5. The standard InChI is InChI=1S/C23H34O3/c1-15-7-8-21-22(2,3)9-6-10-23(21,4)19(15)14-20(25)16-11-17(24)13-18(12-16)26-5/h11-13,15,19,21,24H,6-10,14H2,1-5H3/t15-,19-,21-,23+/m0/s1. The van der Waals surface area contributed by atoms with E-state index in [9.17, 15) is 9.90 Å². The first-order chi connectivity index (χ1) is 12.2. The van der Waals surface area contributed by atoms with Crippen LogP contribution >= 0.6 is 0 Å². The number of phenolic OH excluding ortho intramolecular Hbond substituents is 1. The number of rotatable bonds is 4. The third-order valence-corrected chi connectivity index (χ3v) is 7.57. The Labute approximate surface area is 158 Å². The van der Waals surface area contributed by atoms with Crippen LogP contribution in [0.3, 0.4) is 0 Å². The number of aromatic hydroxyl groups is 1. The van der Waals surface area contributed by atoms with E-state index in [1.807, 2.05) is 0 Å². The molecule has 0 aliphatic heterocycles. The minimum Gasteiger partial charge on any atom is -0.508 e. The van der Waals surface area contributed by atoms with E-state index >= 15 is 0 Å². The highest BCUT2D eigenvalue weighted by molar-refractivity contribution is 5.97. The van der Waals surface area contributed by atoms with Gasteiger partial charge in [-0.05, 0) is 60.0 Å². The van der Waals surface area contributed by atoms with Crippen LogP contribution in [0.1, 0.15) is 76.6 Å². The maximum absolute atomic E-state index is 13.1. The summed E-state index contributed by atoms with van der Waals surface area (Å²) >= 11 is 0. The molecular weight excluding hydrogens is 324 g/mol. The molecule has 0 heterocycles. The smallest absolute Gasteiger partial charge is 0.163 e. The summed E-state index contributed by atoms with van der Waals surface area (Å²) in [7, 11) is 1.56. The van der Waals surface area contributed by atoms with Gasteiger partial charge in [0.1, 0.15) is 11.5 Å². The van der Waals surface area contributed by atoms with E-state index in [1.165, 1.54) is 32.1 Å². The monoisotopic (exact) mass is 358 g/mol. The fourth-order valence-electron chi connectivity index (χ4n) is 6.23. The zero-order valence-corrected chi connectivity index (χ0v) is 17.0. The van der Waals surface area contributed by atoms with Crippen molar-refractivity contribution in [1.29, 1.82) is 0 Å². The molecule has 0 saturated heterocycles. The number of ketones is 1. The first-order valence-corrected chi connectivity index (χ1v) is 10.1. The number of carbonyl (C=O) groups is 1. The molecule has 144 valence electrons.